The average molecular weight is 354 g/mol. The van der Waals surface area contributed by atoms with E-state index in [1.54, 1.807) is 48.5 Å². The molecule has 3 rings (SSSR count). The molecule has 0 aliphatic rings. The fraction of sp³-hybridized carbons (Fsp3) is 0.200. The number of rotatable bonds is 5. The second kappa shape index (κ2) is 7.31. The largest absolute Gasteiger partial charge is 0.492 e. The molecule has 0 saturated heterocycles. The number of hydrogen-bond donors (Lipinski definition) is 0. The molecule has 3 aromatic rings. The molecule has 0 aliphatic heterocycles. The maximum atomic E-state index is 12.3. The molecule has 2 aromatic carbocycles. The number of fused-ring (bicyclic) bond motifs is 1. The molecule has 0 saturated carbocycles. The van der Waals surface area contributed by atoms with E-state index in [2.05, 4.69) is 0 Å². The van der Waals surface area contributed by atoms with E-state index in [9.17, 15) is 9.59 Å². The van der Waals surface area contributed by atoms with Gasteiger partial charge in [0.2, 0.25) is 0 Å². The highest BCUT2D eigenvalue weighted by molar-refractivity contribution is 5.95. The first-order valence-corrected chi connectivity index (χ1v) is 8.09. The van der Waals surface area contributed by atoms with Gasteiger partial charge in [-0.05, 0) is 38.1 Å². The molecular weight excluding hydrogens is 336 g/mol. The van der Waals surface area contributed by atoms with Crippen molar-refractivity contribution in [2.24, 2.45) is 0 Å². The van der Waals surface area contributed by atoms with Gasteiger partial charge in [0.15, 0.2) is 5.75 Å². The summed E-state index contributed by atoms with van der Waals surface area (Å²) in [6, 6.07) is 13.4. The van der Waals surface area contributed by atoms with Crippen LogP contribution in [-0.4, -0.2) is 19.2 Å². The van der Waals surface area contributed by atoms with Crippen LogP contribution in [0.15, 0.2) is 57.7 Å². The van der Waals surface area contributed by atoms with Crippen LogP contribution in [0.25, 0.3) is 11.0 Å². The van der Waals surface area contributed by atoms with Gasteiger partial charge in [0, 0.05) is 0 Å². The standard InChI is InChI=1S/C20H18O6/c1-12(2)24-14-10-7-11-15-16(14)17(23-3)18(20(22)25-15)26-19(21)13-8-5-4-6-9-13/h4-12H,1-3H3. The van der Waals surface area contributed by atoms with Gasteiger partial charge < -0.3 is 18.6 Å². The van der Waals surface area contributed by atoms with Crippen LogP contribution in [0.2, 0.25) is 0 Å². The Morgan fingerprint density at radius 2 is 1.73 bits per heavy atom. The predicted octanol–water partition coefficient (Wildman–Crippen LogP) is 3.81. The Kier molecular flexibility index (Phi) is 4.93. The first-order valence-electron chi connectivity index (χ1n) is 8.09. The van der Waals surface area contributed by atoms with E-state index in [-0.39, 0.29) is 23.2 Å². The average Bonchev–Trinajstić information content (AvgIpc) is 2.63. The molecule has 1 aromatic heterocycles. The topological polar surface area (TPSA) is 75.0 Å². The maximum absolute atomic E-state index is 12.3. The molecule has 6 heteroatoms. The molecule has 134 valence electrons. The molecule has 0 spiro atoms. The molecule has 26 heavy (non-hydrogen) atoms. The van der Waals surface area contributed by atoms with Gasteiger partial charge in [0.05, 0.1) is 18.8 Å². The van der Waals surface area contributed by atoms with E-state index in [0.29, 0.717) is 16.7 Å². The summed E-state index contributed by atoms with van der Waals surface area (Å²) in [7, 11) is 1.39. The van der Waals surface area contributed by atoms with Crippen LogP contribution >= 0.6 is 0 Å². The summed E-state index contributed by atoms with van der Waals surface area (Å²) in [6.07, 6.45) is -0.104. The van der Waals surface area contributed by atoms with Gasteiger partial charge in [0.1, 0.15) is 16.7 Å². The first kappa shape index (κ1) is 17.5. The zero-order valence-corrected chi connectivity index (χ0v) is 14.6. The number of ether oxygens (including phenoxy) is 3. The van der Waals surface area contributed by atoms with Crippen molar-refractivity contribution in [1.82, 2.24) is 0 Å². The van der Waals surface area contributed by atoms with E-state index < -0.39 is 11.6 Å². The summed E-state index contributed by atoms with van der Waals surface area (Å²) in [5, 5.41) is 0.430. The Balaban J connectivity index is 2.14. The van der Waals surface area contributed by atoms with Crippen molar-refractivity contribution in [2.75, 3.05) is 7.11 Å². The molecule has 0 amide bonds. The monoisotopic (exact) mass is 354 g/mol. The minimum Gasteiger partial charge on any atom is -0.492 e. The Bertz CT molecular complexity index is 988. The van der Waals surface area contributed by atoms with E-state index in [1.165, 1.54) is 7.11 Å². The summed E-state index contributed by atoms with van der Waals surface area (Å²) in [6.45, 7) is 3.75. The van der Waals surface area contributed by atoms with Gasteiger partial charge in [-0.3, -0.25) is 0 Å². The third-order valence-electron chi connectivity index (χ3n) is 3.58. The number of hydrogen-bond acceptors (Lipinski definition) is 6. The predicted molar refractivity (Wildman–Crippen MR) is 96.2 cm³/mol. The number of carbonyl (C=O) groups excluding carboxylic acids is 1. The molecule has 0 N–H and O–H groups in total. The van der Waals surface area contributed by atoms with Crippen LogP contribution in [-0.2, 0) is 0 Å². The van der Waals surface area contributed by atoms with Crippen molar-refractivity contribution in [1.29, 1.82) is 0 Å². The Labute approximate surface area is 149 Å². The number of methoxy groups -OCH3 is 1. The minimum atomic E-state index is -0.805. The van der Waals surface area contributed by atoms with Gasteiger partial charge in [0.25, 0.3) is 5.75 Å². The summed E-state index contributed by atoms with van der Waals surface area (Å²) in [5.74, 6) is -0.432. The fourth-order valence-corrected chi connectivity index (χ4v) is 2.53. The van der Waals surface area contributed by atoms with E-state index >= 15 is 0 Å². The third-order valence-corrected chi connectivity index (χ3v) is 3.58. The van der Waals surface area contributed by atoms with Gasteiger partial charge in [-0.2, -0.15) is 0 Å². The molecule has 1 heterocycles. The zero-order valence-electron chi connectivity index (χ0n) is 14.6. The van der Waals surface area contributed by atoms with Crippen LogP contribution in [0.3, 0.4) is 0 Å². The lowest BCUT2D eigenvalue weighted by atomic mass is 10.2. The molecule has 0 bridgehead atoms. The Morgan fingerprint density at radius 1 is 1.00 bits per heavy atom. The van der Waals surface area contributed by atoms with Crippen molar-refractivity contribution in [3.05, 3.63) is 64.5 Å². The van der Waals surface area contributed by atoms with Crippen LogP contribution in [0.1, 0.15) is 24.2 Å². The minimum absolute atomic E-state index is 0.0942. The van der Waals surface area contributed by atoms with E-state index in [4.69, 9.17) is 18.6 Å². The second-order valence-corrected chi connectivity index (χ2v) is 5.80. The maximum Gasteiger partial charge on any atom is 0.383 e. The second-order valence-electron chi connectivity index (χ2n) is 5.80. The van der Waals surface area contributed by atoms with Crippen LogP contribution in [0, 0.1) is 0 Å². The molecule has 0 aliphatic carbocycles. The first-order chi connectivity index (χ1) is 12.5. The van der Waals surface area contributed by atoms with Crippen molar-refractivity contribution in [2.45, 2.75) is 20.0 Å². The smallest absolute Gasteiger partial charge is 0.383 e. The summed E-state index contributed by atoms with van der Waals surface area (Å²) in [5.41, 5.74) is -0.217. The highest BCUT2D eigenvalue weighted by atomic mass is 16.6. The van der Waals surface area contributed by atoms with Gasteiger partial charge in [-0.1, -0.05) is 24.3 Å². The Morgan fingerprint density at radius 3 is 2.38 bits per heavy atom. The summed E-state index contributed by atoms with van der Waals surface area (Å²) >= 11 is 0. The number of esters is 1. The highest BCUT2D eigenvalue weighted by Crippen LogP contribution is 2.39. The highest BCUT2D eigenvalue weighted by Gasteiger charge is 2.23. The normalized spacial score (nSPS) is 10.8. The molecule has 0 fully saturated rings. The van der Waals surface area contributed by atoms with E-state index in [0.717, 1.165) is 0 Å². The summed E-state index contributed by atoms with van der Waals surface area (Å²) in [4.78, 5) is 24.7. The van der Waals surface area contributed by atoms with Crippen molar-refractivity contribution in [3.63, 3.8) is 0 Å². The molecular formula is C20H18O6. The molecule has 6 nitrogen and oxygen atoms in total. The molecule has 0 atom stereocenters. The lowest BCUT2D eigenvalue weighted by molar-refractivity contribution is 0.0723. The van der Waals surface area contributed by atoms with E-state index in [1.807, 2.05) is 13.8 Å². The van der Waals surface area contributed by atoms with Gasteiger partial charge >= 0.3 is 11.6 Å². The van der Waals surface area contributed by atoms with Crippen LogP contribution in [0.5, 0.6) is 17.2 Å². The quantitative estimate of drug-likeness (QED) is 0.512. The van der Waals surface area contributed by atoms with Crippen molar-refractivity contribution in [3.8, 4) is 17.2 Å². The van der Waals surface area contributed by atoms with Crippen LogP contribution < -0.4 is 19.8 Å². The lowest BCUT2D eigenvalue weighted by Crippen LogP contribution is -2.16. The number of carbonyl (C=O) groups is 1. The Hall–Kier alpha value is -3.28. The zero-order chi connectivity index (χ0) is 18.7. The van der Waals surface area contributed by atoms with Crippen molar-refractivity contribution < 1.29 is 23.4 Å². The summed E-state index contributed by atoms with van der Waals surface area (Å²) < 4.78 is 21.8. The van der Waals surface area contributed by atoms with Gasteiger partial charge in [-0.25, -0.2) is 9.59 Å². The lowest BCUT2D eigenvalue weighted by Gasteiger charge is -2.15. The third kappa shape index (κ3) is 3.39. The SMILES string of the molecule is COc1c(OC(=O)c2ccccc2)c(=O)oc2cccc(OC(C)C)c12. The van der Waals surface area contributed by atoms with Gasteiger partial charge in [-0.15, -0.1) is 0 Å². The molecule has 0 unspecified atom stereocenters. The number of benzene rings is 2. The van der Waals surface area contributed by atoms with Crippen molar-refractivity contribution >= 4 is 16.9 Å². The van der Waals surface area contributed by atoms with Crippen LogP contribution in [0.4, 0.5) is 0 Å². The molecule has 0 radical (unpaired) electrons. The fourth-order valence-electron chi connectivity index (χ4n) is 2.53.